The van der Waals surface area contributed by atoms with E-state index in [1.54, 1.807) is 12.1 Å². The fourth-order valence-corrected chi connectivity index (χ4v) is 2.75. The zero-order valence-electron chi connectivity index (χ0n) is 13.8. The van der Waals surface area contributed by atoms with Gasteiger partial charge in [0.1, 0.15) is 17.9 Å². The van der Waals surface area contributed by atoms with Gasteiger partial charge in [0.15, 0.2) is 0 Å². The van der Waals surface area contributed by atoms with Gasteiger partial charge >= 0.3 is 5.63 Å². The Balaban J connectivity index is 2.01. The first kappa shape index (κ1) is 17.0. The molecule has 2 aromatic carbocycles. The molecule has 0 saturated carbocycles. The third-order valence-electron chi connectivity index (χ3n) is 4.03. The maximum Gasteiger partial charge on any atom is 0.336 e. The Kier molecular flexibility index (Phi) is 4.51. The minimum atomic E-state index is -0.638. The summed E-state index contributed by atoms with van der Waals surface area (Å²) in [5.74, 6) is -0.330. The Labute approximate surface area is 149 Å². The number of hydrogen-bond donors (Lipinski definition) is 1. The predicted octanol–water partition coefficient (Wildman–Crippen LogP) is 3.74. The van der Waals surface area contributed by atoms with Crippen molar-refractivity contribution < 1.29 is 13.9 Å². The first-order valence-corrected chi connectivity index (χ1v) is 7.99. The molecule has 3 rings (SSSR count). The Morgan fingerprint density at radius 2 is 1.88 bits per heavy atom. The number of aryl methyl sites for hydroxylation is 2. The Bertz CT molecular complexity index is 1040. The minimum Gasteiger partial charge on any atom is -0.488 e. The van der Waals surface area contributed by atoms with Gasteiger partial charge in [-0.05, 0) is 55.3 Å². The number of carbonyl (C=O) groups excluding carboxylic acids is 1. The Hall–Kier alpha value is -2.79. The summed E-state index contributed by atoms with van der Waals surface area (Å²) in [6.45, 7) is 4.02. The van der Waals surface area contributed by atoms with E-state index >= 15 is 0 Å². The van der Waals surface area contributed by atoms with Crippen molar-refractivity contribution in [1.29, 1.82) is 0 Å². The second kappa shape index (κ2) is 6.61. The minimum absolute atomic E-state index is 0.0898. The van der Waals surface area contributed by atoms with E-state index in [1.807, 2.05) is 26.0 Å². The number of amides is 1. The van der Waals surface area contributed by atoms with E-state index in [1.165, 1.54) is 12.1 Å². The van der Waals surface area contributed by atoms with Crippen molar-refractivity contribution in [3.63, 3.8) is 0 Å². The lowest BCUT2D eigenvalue weighted by molar-refractivity contribution is 0.0996. The van der Waals surface area contributed by atoms with Crippen LogP contribution in [0.5, 0.6) is 5.75 Å². The monoisotopic (exact) mass is 357 g/mol. The predicted molar refractivity (Wildman–Crippen MR) is 96.3 cm³/mol. The Morgan fingerprint density at radius 1 is 1.16 bits per heavy atom. The van der Waals surface area contributed by atoms with Crippen LogP contribution in [0.15, 0.2) is 45.6 Å². The molecule has 0 unspecified atom stereocenters. The SMILES string of the molecule is Cc1cc2oc(=O)cc(COc3ccc(Cl)cc3C(N)=O)c2cc1C. The van der Waals surface area contributed by atoms with Gasteiger partial charge in [0, 0.05) is 22.0 Å². The molecule has 0 spiro atoms. The molecule has 0 radical (unpaired) electrons. The summed E-state index contributed by atoms with van der Waals surface area (Å²) in [4.78, 5) is 23.4. The van der Waals surface area contributed by atoms with Gasteiger partial charge in [-0.15, -0.1) is 0 Å². The van der Waals surface area contributed by atoms with Crippen LogP contribution in [0.3, 0.4) is 0 Å². The van der Waals surface area contributed by atoms with Crippen molar-refractivity contribution in [3.05, 3.63) is 74.1 Å². The number of hydrogen-bond acceptors (Lipinski definition) is 4. The van der Waals surface area contributed by atoms with Crippen molar-refractivity contribution in [2.24, 2.45) is 5.73 Å². The van der Waals surface area contributed by atoms with Crippen LogP contribution in [-0.2, 0) is 6.61 Å². The van der Waals surface area contributed by atoms with Gasteiger partial charge < -0.3 is 14.9 Å². The molecule has 0 fully saturated rings. The van der Waals surface area contributed by atoms with E-state index in [0.29, 0.717) is 21.9 Å². The van der Waals surface area contributed by atoms with Crippen LogP contribution in [-0.4, -0.2) is 5.91 Å². The van der Waals surface area contributed by atoms with Crippen LogP contribution in [0.1, 0.15) is 27.0 Å². The third-order valence-corrected chi connectivity index (χ3v) is 4.27. The number of ether oxygens (including phenoxy) is 1. The molecule has 128 valence electrons. The Morgan fingerprint density at radius 3 is 2.60 bits per heavy atom. The zero-order chi connectivity index (χ0) is 18.1. The summed E-state index contributed by atoms with van der Waals surface area (Å²) in [7, 11) is 0. The van der Waals surface area contributed by atoms with Gasteiger partial charge in [-0.1, -0.05) is 11.6 Å². The van der Waals surface area contributed by atoms with E-state index < -0.39 is 11.5 Å². The van der Waals surface area contributed by atoms with Crippen molar-refractivity contribution >= 4 is 28.5 Å². The number of rotatable bonds is 4. The number of carbonyl (C=O) groups is 1. The number of nitrogens with two attached hydrogens (primary N) is 1. The standard InChI is InChI=1S/C19H16ClNO4/c1-10-5-14-12(7-18(22)25-17(14)6-11(10)2)9-24-16-4-3-13(20)8-15(16)19(21)23/h3-8H,9H2,1-2H3,(H2,21,23). The molecule has 0 saturated heterocycles. The van der Waals surface area contributed by atoms with Crippen molar-refractivity contribution in [1.82, 2.24) is 0 Å². The molecule has 6 heteroatoms. The molecule has 1 amide bonds. The average molecular weight is 358 g/mol. The number of fused-ring (bicyclic) bond motifs is 1. The maximum atomic E-state index is 11.8. The molecule has 0 bridgehead atoms. The van der Waals surface area contributed by atoms with Gasteiger partial charge in [-0.2, -0.15) is 0 Å². The van der Waals surface area contributed by atoms with E-state index in [0.717, 1.165) is 16.5 Å². The van der Waals surface area contributed by atoms with Crippen LogP contribution in [0.2, 0.25) is 5.02 Å². The highest BCUT2D eigenvalue weighted by Gasteiger charge is 2.13. The second-order valence-electron chi connectivity index (χ2n) is 5.82. The summed E-state index contributed by atoms with van der Waals surface area (Å²) < 4.78 is 11.0. The van der Waals surface area contributed by atoms with E-state index in [4.69, 9.17) is 26.5 Å². The van der Waals surface area contributed by atoms with Crippen molar-refractivity contribution in [2.75, 3.05) is 0 Å². The summed E-state index contributed by atoms with van der Waals surface area (Å²) in [6, 6.07) is 9.79. The lowest BCUT2D eigenvalue weighted by Crippen LogP contribution is -2.13. The zero-order valence-corrected chi connectivity index (χ0v) is 14.5. The van der Waals surface area contributed by atoms with E-state index in [-0.39, 0.29) is 12.2 Å². The second-order valence-corrected chi connectivity index (χ2v) is 6.25. The van der Waals surface area contributed by atoms with Crippen LogP contribution in [0.25, 0.3) is 11.0 Å². The van der Waals surface area contributed by atoms with Crippen LogP contribution >= 0.6 is 11.6 Å². The van der Waals surface area contributed by atoms with Crippen LogP contribution in [0.4, 0.5) is 0 Å². The molecule has 0 atom stereocenters. The molecule has 5 nitrogen and oxygen atoms in total. The molecule has 0 aliphatic carbocycles. The molecular weight excluding hydrogens is 342 g/mol. The molecular formula is C19H16ClNO4. The normalized spacial score (nSPS) is 10.8. The summed E-state index contributed by atoms with van der Waals surface area (Å²) in [5.41, 5.74) is 8.36. The van der Waals surface area contributed by atoms with Gasteiger partial charge in [0.05, 0.1) is 5.56 Å². The highest BCUT2D eigenvalue weighted by molar-refractivity contribution is 6.31. The summed E-state index contributed by atoms with van der Waals surface area (Å²) >= 11 is 5.89. The third kappa shape index (κ3) is 3.51. The highest BCUT2D eigenvalue weighted by Crippen LogP contribution is 2.26. The van der Waals surface area contributed by atoms with Crippen LogP contribution < -0.4 is 16.1 Å². The molecule has 1 heterocycles. The first-order valence-electron chi connectivity index (χ1n) is 7.61. The van der Waals surface area contributed by atoms with Gasteiger partial charge in [-0.25, -0.2) is 4.79 Å². The quantitative estimate of drug-likeness (QED) is 0.721. The average Bonchev–Trinajstić information content (AvgIpc) is 2.55. The smallest absolute Gasteiger partial charge is 0.336 e. The first-order chi connectivity index (χ1) is 11.8. The van der Waals surface area contributed by atoms with Crippen molar-refractivity contribution in [2.45, 2.75) is 20.5 Å². The topological polar surface area (TPSA) is 82.5 Å². The molecule has 0 aliphatic heterocycles. The molecule has 1 aromatic heterocycles. The molecule has 2 N–H and O–H groups in total. The van der Waals surface area contributed by atoms with E-state index in [9.17, 15) is 9.59 Å². The lowest BCUT2D eigenvalue weighted by atomic mass is 10.0. The largest absolute Gasteiger partial charge is 0.488 e. The fraction of sp³-hybridized carbons (Fsp3) is 0.158. The molecule has 3 aromatic rings. The summed E-state index contributed by atoms with van der Waals surface area (Å²) in [6.07, 6.45) is 0. The van der Waals surface area contributed by atoms with Gasteiger partial charge in [0.2, 0.25) is 0 Å². The summed E-state index contributed by atoms with van der Waals surface area (Å²) in [5, 5.41) is 1.18. The lowest BCUT2D eigenvalue weighted by Gasteiger charge is -2.12. The molecule has 0 aliphatic rings. The fourth-order valence-electron chi connectivity index (χ4n) is 2.58. The highest BCUT2D eigenvalue weighted by atomic mass is 35.5. The molecule has 25 heavy (non-hydrogen) atoms. The number of halogens is 1. The number of primary amides is 1. The van der Waals surface area contributed by atoms with E-state index in [2.05, 4.69) is 0 Å². The van der Waals surface area contributed by atoms with Gasteiger partial charge in [0.25, 0.3) is 5.91 Å². The van der Waals surface area contributed by atoms with Crippen LogP contribution in [0, 0.1) is 13.8 Å². The maximum absolute atomic E-state index is 11.8. The van der Waals surface area contributed by atoms with Crippen molar-refractivity contribution in [3.8, 4) is 5.75 Å². The van der Waals surface area contributed by atoms with Gasteiger partial charge in [-0.3, -0.25) is 4.79 Å². The number of benzene rings is 2.